The number of nitrogens with one attached hydrogen (secondary N) is 1. The van der Waals surface area contributed by atoms with E-state index in [4.69, 9.17) is 0 Å². The molecule has 3 amide bonds. The van der Waals surface area contributed by atoms with Crippen LogP contribution < -0.4 is 5.32 Å². The van der Waals surface area contributed by atoms with Gasteiger partial charge in [-0.2, -0.15) is 0 Å². The highest BCUT2D eigenvalue weighted by Crippen LogP contribution is 2.33. The molecule has 0 aromatic heterocycles. The highest BCUT2D eigenvalue weighted by Gasteiger charge is 2.40. The lowest BCUT2D eigenvalue weighted by atomic mass is 9.92. The normalized spacial score (nSPS) is 23.7. The summed E-state index contributed by atoms with van der Waals surface area (Å²) >= 11 is 0. The molecule has 6 heteroatoms. The first-order chi connectivity index (χ1) is 15.9. The van der Waals surface area contributed by atoms with E-state index in [1.54, 1.807) is 0 Å². The van der Waals surface area contributed by atoms with E-state index >= 15 is 0 Å². The van der Waals surface area contributed by atoms with Crippen molar-refractivity contribution in [3.8, 4) is 0 Å². The smallest absolute Gasteiger partial charge is 0.321 e. The van der Waals surface area contributed by atoms with Gasteiger partial charge in [0.05, 0.1) is 6.04 Å². The Bertz CT molecular complexity index is 795. The Morgan fingerprint density at radius 1 is 0.879 bits per heavy atom. The number of anilines is 1. The van der Waals surface area contributed by atoms with Gasteiger partial charge in [-0.1, -0.05) is 38.8 Å². The number of urea groups is 1. The van der Waals surface area contributed by atoms with Gasteiger partial charge in [-0.3, -0.25) is 9.69 Å². The summed E-state index contributed by atoms with van der Waals surface area (Å²) in [7, 11) is 0. The van der Waals surface area contributed by atoms with Gasteiger partial charge in [0.1, 0.15) is 0 Å². The Kier molecular flexibility index (Phi) is 7.94. The average molecular weight is 455 g/mol. The minimum atomic E-state index is -0.0413. The van der Waals surface area contributed by atoms with Crippen molar-refractivity contribution in [1.82, 2.24) is 14.7 Å². The standard InChI is InChI=1S/C27H42N4O2/c1-20(2)22-11-13-24(14-12-22)28-27(33)30-18-16-29(17-19-30)25(23-9-4-5-10-23)26(32)31-15-7-6-8-21(31)3/h11-14,20-21,23,25H,4-10,15-19H2,1-3H3,(H,28,33)/t21-,25+/m0/s1. The minimum absolute atomic E-state index is 0.0122. The molecule has 1 aromatic rings. The van der Waals surface area contributed by atoms with Crippen LogP contribution in [0.25, 0.3) is 0 Å². The number of carbonyl (C=O) groups is 2. The summed E-state index contributed by atoms with van der Waals surface area (Å²) in [4.78, 5) is 33.0. The van der Waals surface area contributed by atoms with Gasteiger partial charge in [0, 0.05) is 44.5 Å². The Labute approximate surface area is 199 Å². The minimum Gasteiger partial charge on any atom is -0.339 e. The van der Waals surface area contributed by atoms with Crippen molar-refractivity contribution in [2.24, 2.45) is 5.92 Å². The van der Waals surface area contributed by atoms with Crippen LogP contribution in [0.5, 0.6) is 0 Å². The number of nitrogens with zero attached hydrogens (tertiary/aromatic N) is 3. The highest BCUT2D eigenvalue weighted by molar-refractivity contribution is 5.89. The van der Waals surface area contributed by atoms with Crippen LogP contribution in [0.15, 0.2) is 24.3 Å². The number of likely N-dealkylation sites (tertiary alicyclic amines) is 1. The second kappa shape index (κ2) is 10.9. The van der Waals surface area contributed by atoms with E-state index in [1.165, 1.54) is 24.8 Å². The SMILES string of the molecule is CC(C)c1ccc(NC(=O)N2CCN([C@@H](C(=O)N3CCCC[C@@H]3C)C3CCCC3)CC2)cc1. The highest BCUT2D eigenvalue weighted by atomic mass is 16.2. The first-order valence-corrected chi connectivity index (χ1v) is 13.1. The van der Waals surface area contributed by atoms with Gasteiger partial charge in [-0.15, -0.1) is 0 Å². The summed E-state index contributed by atoms with van der Waals surface area (Å²) < 4.78 is 0. The van der Waals surface area contributed by atoms with Gasteiger partial charge in [0.15, 0.2) is 0 Å². The number of carbonyl (C=O) groups excluding carboxylic acids is 2. The van der Waals surface area contributed by atoms with Crippen LogP contribution in [0.3, 0.4) is 0 Å². The summed E-state index contributed by atoms with van der Waals surface area (Å²) in [6.07, 6.45) is 8.27. The van der Waals surface area contributed by atoms with Gasteiger partial charge in [-0.05, 0) is 68.6 Å². The zero-order valence-electron chi connectivity index (χ0n) is 20.8. The molecule has 1 aliphatic carbocycles. The quantitative estimate of drug-likeness (QED) is 0.687. The van der Waals surface area contributed by atoms with Crippen LogP contribution in [-0.4, -0.2) is 71.4 Å². The number of benzene rings is 1. The first kappa shape index (κ1) is 24.1. The maximum Gasteiger partial charge on any atom is 0.321 e. The number of hydrogen-bond acceptors (Lipinski definition) is 3. The summed E-state index contributed by atoms with van der Waals surface area (Å²) in [5, 5.41) is 3.05. The van der Waals surface area contributed by atoms with Crippen LogP contribution in [0.4, 0.5) is 10.5 Å². The van der Waals surface area contributed by atoms with Crippen molar-refractivity contribution in [2.45, 2.75) is 83.7 Å². The van der Waals surface area contributed by atoms with Gasteiger partial charge in [-0.25, -0.2) is 4.79 Å². The van der Waals surface area contributed by atoms with E-state index in [-0.39, 0.29) is 12.1 Å². The van der Waals surface area contributed by atoms with Crippen molar-refractivity contribution < 1.29 is 9.59 Å². The van der Waals surface area contributed by atoms with E-state index in [0.717, 1.165) is 51.0 Å². The monoisotopic (exact) mass is 454 g/mol. The molecule has 182 valence electrons. The molecule has 0 radical (unpaired) electrons. The Balaban J connectivity index is 1.36. The van der Waals surface area contributed by atoms with Crippen molar-refractivity contribution in [1.29, 1.82) is 0 Å². The molecule has 1 saturated carbocycles. The second-order valence-corrected chi connectivity index (χ2v) is 10.6. The van der Waals surface area contributed by atoms with E-state index < -0.39 is 0 Å². The number of rotatable bonds is 5. The molecule has 4 rings (SSSR count). The molecule has 33 heavy (non-hydrogen) atoms. The first-order valence-electron chi connectivity index (χ1n) is 13.1. The largest absolute Gasteiger partial charge is 0.339 e. The lowest BCUT2D eigenvalue weighted by molar-refractivity contribution is -0.143. The molecule has 2 aliphatic heterocycles. The van der Waals surface area contributed by atoms with Crippen LogP contribution in [0, 0.1) is 5.92 Å². The lowest BCUT2D eigenvalue weighted by Crippen LogP contribution is -2.60. The third kappa shape index (κ3) is 5.71. The number of hydrogen-bond donors (Lipinski definition) is 1. The van der Waals surface area contributed by atoms with Crippen molar-refractivity contribution >= 4 is 17.6 Å². The molecule has 0 bridgehead atoms. The fraction of sp³-hybridized carbons (Fsp3) is 0.704. The molecule has 6 nitrogen and oxygen atoms in total. The Hall–Kier alpha value is -2.08. The molecule has 1 N–H and O–H groups in total. The molecular weight excluding hydrogens is 412 g/mol. The molecule has 2 heterocycles. The molecule has 3 fully saturated rings. The Morgan fingerprint density at radius 3 is 2.12 bits per heavy atom. The van der Waals surface area contributed by atoms with E-state index in [9.17, 15) is 9.59 Å². The lowest BCUT2D eigenvalue weighted by Gasteiger charge is -2.44. The van der Waals surface area contributed by atoms with Crippen LogP contribution >= 0.6 is 0 Å². The maximum atomic E-state index is 13.7. The van der Waals surface area contributed by atoms with Gasteiger partial charge in [0.25, 0.3) is 0 Å². The molecular formula is C27H42N4O2. The van der Waals surface area contributed by atoms with E-state index in [2.05, 4.69) is 48.0 Å². The number of piperazine rings is 1. The van der Waals surface area contributed by atoms with Crippen LogP contribution in [0.2, 0.25) is 0 Å². The number of piperidine rings is 1. The van der Waals surface area contributed by atoms with Crippen molar-refractivity contribution in [3.63, 3.8) is 0 Å². The van der Waals surface area contributed by atoms with Gasteiger partial charge >= 0.3 is 6.03 Å². The molecule has 0 spiro atoms. The fourth-order valence-electron chi connectivity index (χ4n) is 5.88. The van der Waals surface area contributed by atoms with E-state index in [0.29, 0.717) is 36.9 Å². The van der Waals surface area contributed by atoms with Crippen LogP contribution in [-0.2, 0) is 4.79 Å². The van der Waals surface area contributed by atoms with Gasteiger partial charge in [0.2, 0.25) is 5.91 Å². The summed E-state index contributed by atoms with van der Waals surface area (Å²) in [5.74, 6) is 1.29. The van der Waals surface area contributed by atoms with Crippen molar-refractivity contribution in [2.75, 3.05) is 38.0 Å². The second-order valence-electron chi connectivity index (χ2n) is 10.6. The average Bonchev–Trinajstić information content (AvgIpc) is 3.34. The third-order valence-corrected chi connectivity index (χ3v) is 8.01. The van der Waals surface area contributed by atoms with Crippen LogP contribution in [0.1, 0.15) is 77.2 Å². The molecule has 2 atom stereocenters. The molecule has 2 saturated heterocycles. The van der Waals surface area contributed by atoms with Gasteiger partial charge < -0.3 is 15.1 Å². The third-order valence-electron chi connectivity index (χ3n) is 8.01. The summed E-state index contributed by atoms with van der Waals surface area (Å²) in [6.45, 7) is 10.3. The Morgan fingerprint density at radius 2 is 1.52 bits per heavy atom. The molecule has 3 aliphatic rings. The zero-order chi connectivity index (χ0) is 23.4. The maximum absolute atomic E-state index is 13.7. The van der Waals surface area contributed by atoms with E-state index in [1.807, 2.05) is 17.0 Å². The fourth-order valence-corrected chi connectivity index (χ4v) is 5.88. The molecule has 0 unspecified atom stereocenters. The zero-order valence-corrected chi connectivity index (χ0v) is 20.8. The summed E-state index contributed by atoms with van der Waals surface area (Å²) in [6, 6.07) is 8.43. The number of amides is 3. The predicted octanol–water partition coefficient (Wildman–Crippen LogP) is 4.92. The predicted molar refractivity (Wildman–Crippen MR) is 133 cm³/mol. The summed E-state index contributed by atoms with van der Waals surface area (Å²) in [5.41, 5.74) is 2.11. The topological polar surface area (TPSA) is 55.9 Å². The molecule has 1 aromatic carbocycles. The van der Waals surface area contributed by atoms with Crippen molar-refractivity contribution in [3.05, 3.63) is 29.8 Å².